The maximum absolute atomic E-state index is 6.03. The van der Waals surface area contributed by atoms with Crippen molar-refractivity contribution in [2.75, 3.05) is 0 Å². The monoisotopic (exact) mass is 300 g/mol. The first-order valence-corrected chi connectivity index (χ1v) is 7.39. The summed E-state index contributed by atoms with van der Waals surface area (Å²) >= 11 is 6.03. The number of fused-ring (bicyclic) bond motifs is 1. The van der Waals surface area contributed by atoms with Crippen LogP contribution in [0.1, 0.15) is 18.3 Å². The normalized spacial score (nSPS) is 11.0. The summed E-state index contributed by atoms with van der Waals surface area (Å²) in [5.74, 6) is 1.77. The highest BCUT2D eigenvalue weighted by atomic mass is 35.5. The Hall–Kier alpha value is -2.00. The summed E-state index contributed by atoms with van der Waals surface area (Å²) in [5, 5.41) is 0.703. The van der Waals surface area contributed by atoms with Crippen molar-refractivity contribution in [2.24, 2.45) is 0 Å². The van der Waals surface area contributed by atoms with Gasteiger partial charge in [0.25, 0.3) is 0 Å². The van der Waals surface area contributed by atoms with Gasteiger partial charge in [-0.1, -0.05) is 29.3 Å². The van der Waals surface area contributed by atoms with Crippen molar-refractivity contribution < 1.29 is 4.74 Å². The van der Waals surface area contributed by atoms with Gasteiger partial charge in [0.2, 0.25) is 0 Å². The van der Waals surface area contributed by atoms with E-state index in [0.29, 0.717) is 11.6 Å². The van der Waals surface area contributed by atoms with Crippen molar-refractivity contribution >= 4 is 22.6 Å². The molecule has 4 heteroatoms. The van der Waals surface area contributed by atoms with Crippen LogP contribution in [0.25, 0.3) is 11.0 Å². The largest absolute Gasteiger partial charge is 0.486 e. The third-order valence-electron chi connectivity index (χ3n) is 3.49. The average molecular weight is 301 g/mol. The first kappa shape index (κ1) is 14.0. The number of hydrogen-bond donors (Lipinski definition) is 0. The highest BCUT2D eigenvalue weighted by Gasteiger charge is 2.10. The highest BCUT2D eigenvalue weighted by molar-refractivity contribution is 6.31. The number of halogens is 1. The van der Waals surface area contributed by atoms with Gasteiger partial charge in [0, 0.05) is 11.6 Å². The fourth-order valence-electron chi connectivity index (χ4n) is 2.40. The van der Waals surface area contributed by atoms with Crippen LogP contribution in [0.15, 0.2) is 42.5 Å². The fourth-order valence-corrected chi connectivity index (χ4v) is 2.56. The molecule has 1 aromatic heterocycles. The lowest BCUT2D eigenvalue weighted by atomic mass is 10.2. The molecule has 0 amide bonds. The van der Waals surface area contributed by atoms with Crippen LogP contribution in [0.3, 0.4) is 0 Å². The summed E-state index contributed by atoms with van der Waals surface area (Å²) in [6.45, 7) is 5.46. The zero-order chi connectivity index (χ0) is 14.8. The molecule has 1 heterocycles. The van der Waals surface area contributed by atoms with E-state index >= 15 is 0 Å². The van der Waals surface area contributed by atoms with E-state index in [2.05, 4.69) is 23.4 Å². The molecule has 0 N–H and O–H groups in total. The van der Waals surface area contributed by atoms with E-state index in [0.717, 1.165) is 29.2 Å². The van der Waals surface area contributed by atoms with Crippen LogP contribution in [0.4, 0.5) is 0 Å². The van der Waals surface area contributed by atoms with Crippen molar-refractivity contribution in [1.82, 2.24) is 9.55 Å². The topological polar surface area (TPSA) is 27.1 Å². The Morgan fingerprint density at radius 1 is 1.14 bits per heavy atom. The Kier molecular flexibility index (Phi) is 3.84. The Morgan fingerprint density at radius 3 is 2.62 bits per heavy atom. The summed E-state index contributed by atoms with van der Waals surface area (Å²) in [6.07, 6.45) is 0. The summed E-state index contributed by atoms with van der Waals surface area (Å²) in [4.78, 5) is 4.63. The van der Waals surface area contributed by atoms with Crippen LogP contribution < -0.4 is 4.74 Å². The average Bonchev–Trinajstić information content (AvgIpc) is 2.83. The smallest absolute Gasteiger partial charge is 0.147 e. The molecular weight excluding hydrogens is 284 g/mol. The lowest BCUT2D eigenvalue weighted by Gasteiger charge is -2.08. The minimum absolute atomic E-state index is 0.448. The zero-order valence-corrected chi connectivity index (χ0v) is 12.9. The molecule has 0 aliphatic rings. The van der Waals surface area contributed by atoms with E-state index in [4.69, 9.17) is 16.3 Å². The molecule has 3 aromatic rings. The minimum Gasteiger partial charge on any atom is -0.486 e. The van der Waals surface area contributed by atoms with Crippen LogP contribution in [0.5, 0.6) is 5.75 Å². The molecule has 108 valence electrons. The molecule has 0 saturated heterocycles. The van der Waals surface area contributed by atoms with E-state index in [9.17, 15) is 0 Å². The molecular formula is C17H17ClN2O. The molecule has 0 aliphatic carbocycles. The summed E-state index contributed by atoms with van der Waals surface area (Å²) in [5.41, 5.74) is 3.22. The van der Waals surface area contributed by atoms with Crippen LogP contribution in [-0.4, -0.2) is 9.55 Å². The molecule has 0 aliphatic heterocycles. The fraction of sp³-hybridized carbons (Fsp3) is 0.235. The Labute approximate surface area is 129 Å². The Morgan fingerprint density at radius 2 is 1.90 bits per heavy atom. The molecule has 0 saturated carbocycles. The summed E-state index contributed by atoms with van der Waals surface area (Å²) in [7, 11) is 0. The van der Waals surface area contributed by atoms with Crippen molar-refractivity contribution in [3.05, 3.63) is 58.9 Å². The Bertz CT molecular complexity index is 762. The molecule has 0 bridgehead atoms. The molecule has 3 rings (SSSR count). The van der Waals surface area contributed by atoms with Gasteiger partial charge in [-0.2, -0.15) is 0 Å². The predicted octanol–water partition coefficient (Wildman–Crippen LogP) is 4.60. The number of imidazole rings is 1. The number of ether oxygens (including phenoxy) is 1. The van der Waals surface area contributed by atoms with Gasteiger partial charge in [-0.3, -0.25) is 0 Å². The van der Waals surface area contributed by atoms with Crippen molar-refractivity contribution in [1.29, 1.82) is 0 Å². The summed E-state index contributed by atoms with van der Waals surface area (Å²) in [6, 6.07) is 13.8. The van der Waals surface area contributed by atoms with Gasteiger partial charge < -0.3 is 9.30 Å². The second-order valence-electron chi connectivity index (χ2n) is 5.01. The van der Waals surface area contributed by atoms with Gasteiger partial charge in [-0.25, -0.2) is 4.98 Å². The van der Waals surface area contributed by atoms with Gasteiger partial charge in [-0.05, 0) is 44.2 Å². The van der Waals surface area contributed by atoms with Gasteiger partial charge in [0.15, 0.2) is 0 Å². The molecule has 21 heavy (non-hydrogen) atoms. The standard InChI is InChI=1S/C17H17ClN2O/c1-3-20-16-9-6-13(18)10-15(16)19-17(20)11-21-14-7-4-12(2)5-8-14/h4-10H,3,11H2,1-2H3. The third kappa shape index (κ3) is 2.88. The second-order valence-corrected chi connectivity index (χ2v) is 5.44. The van der Waals surface area contributed by atoms with Crippen molar-refractivity contribution in [2.45, 2.75) is 27.0 Å². The molecule has 0 spiro atoms. The molecule has 3 nitrogen and oxygen atoms in total. The first-order valence-electron chi connectivity index (χ1n) is 7.01. The maximum Gasteiger partial charge on any atom is 0.147 e. The quantitative estimate of drug-likeness (QED) is 0.704. The van der Waals surface area contributed by atoms with Crippen LogP contribution in [0, 0.1) is 6.92 Å². The van der Waals surface area contributed by atoms with Gasteiger partial charge in [0.1, 0.15) is 18.2 Å². The molecule has 0 fully saturated rings. The van der Waals surface area contributed by atoms with Gasteiger partial charge in [0.05, 0.1) is 11.0 Å². The number of rotatable bonds is 4. The molecule has 2 aromatic carbocycles. The van der Waals surface area contributed by atoms with E-state index < -0.39 is 0 Å². The van der Waals surface area contributed by atoms with E-state index in [1.807, 2.05) is 42.5 Å². The third-order valence-corrected chi connectivity index (χ3v) is 3.73. The molecule has 0 unspecified atom stereocenters. The lowest BCUT2D eigenvalue weighted by molar-refractivity contribution is 0.290. The van der Waals surface area contributed by atoms with E-state index in [-0.39, 0.29) is 0 Å². The SMILES string of the molecule is CCn1c(COc2ccc(C)cc2)nc2cc(Cl)ccc21. The van der Waals surface area contributed by atoms with E-state index in [1.165, 1.54) is 5.56 Å². The number of hydrogen-bond acceptors (Lipinski definition) is 2. The van der Waals surface area contributed by atoms with Crippen molar-refractivity contribution in [3.8, 4) is 5.75 Å². The Balaban J connectivity index is 1.87. The van der Waals surface area contributed by atoms with Crippen LogP contribution in [-0.2, 0) is 13.2 Å². The maximum atomic E-state index is 6.03. The molecule has 0 atom stereocenters. The van der Waals surface area contributed by atoms with Gasteiger partial charge in [-0.15, -0.1) is 0 Å². The number of nitrogens with zero attached hydrogens (tertiary/aromatic N) is 2. The lowest BCUT2D eigenvalue weighted by Crippen LogP contribution is -2.05. The predicted molar refractivity (Wildman–Crippen MR) is 85.9 cm³/mol. The zero-order valence-electron chi connectivity index (χ0n) is 12.1. The second kappa shape index (κ2) is 5.78. The van der Waals surface area contributed by atoms with E-state index in [1.54, 1.807) is 0 Å². The minimum atomic E-state index is 0.448. The highest BCUT2D eigenvalue weighted by Crippen LogP contribution is 2.22. The molecule has 0 radical (unpaired) electrons. The van der Waals surface area contributed by atoms with Gasteiger partial charge >= 0.3 is 0 Å². The van der Waals surface area contributed by atoms with Crippen LogP contribution >= 0.6 is 11.6 Å². The van der Waals surface area contributed by atoms with Crippen LogP contribution in [0.2, 0.25) is 5.02 Å². The summed E-state index contributed by atoms with van der Waals surface area (Å²) < 4.78 is 7.99. The van der Waals surface area contributed by atoms with Crippen molar-refractivity contribution in [3.63, 3.8) is 0 Å². The first-order chi connectivity index (χ1) is 10.2. The number of aryl methyl sites for hydroxylation is 2. The number of aromatic nitrogens is 2. The number of benzene rings is 2.